The Labute approximate surface area is 161 Å². The molecule has 1 aliphatic heterocycles. The van der Waals surface area contributed by atoms with E-state index in [1.54, 1.807) is 23.9 Å². The quantitative estimate of drug-likeness (QED) is 0.454. The van der Waals surface area contributed by atoms with Gasteiger partial charge in [-0.15, -0.1) is 11.8 Å². The third-order valence-electron chi connectivity index (χ3n) is 3.96. The van der Waals surface area contributed by atoms with Crippen LogP contribution in [0.2, 0.25) is 0 Å². The van der Waals surface area contributed by atoms with Crippen LogP contribution in [0, 0.1) is 11.8 Å². The van der Waals surface area contributed by atoms with Crippen molar-refractivity contribution < 1.29 is 28.5 Å². The van der Waals surface area contributed by atoms with Crippen molar-refractivity contribution in [3.63, 3.8) is 0 Å². The largest absolute Gasteiger partial charge is 0.493 e. The molecule has 6 nitrogen and oxygen atoms in total. The number of ether oxygens (including phenoxy) is 5. The Bertz CT molecular complexity index is 942. The molecule has 0 saturated heterocycles. The summed E-state index contributed by atoms with van der Waals surface area (Å²) in [7, 11) is 4.35. The molecule has 0 spiro atoms. The van der Waals surface area contributed by atoms with Gasteiger partial charge in [0.05, 0.1) is 26.9 Å². The second kappa shape index (κ2) is 8.14. The van der Waals surface area contributed by atoms with Crippen LogP contribution in [-0.4, -0.2) is 40.3 Å². The summed E-state index contributed by atoms with van der Waals surface area (Å²) in [5.74, 6) is 7.90. The Kier molecular flexibility index (Phi) is 5.67. The van der Waals surface area contributed by atoms with Crippen LogP contribution < -0.4 is 18.9 Å². The summed E-state index contributed by atoms with van der Waals surface area (Å²) in [4.78, 5) is 13.1. The number of esters is 1. The molecule has 3 rings (SSSR count). The molecular formula is C20H18O6S. The zero-order valence-electron chi connectivity index (χ0n) is 15.4. The molecule has 7 heteroatoms. The third kappa shape index (κ3) is 3.76. The first kappa shape index (κ1) is 18.8. The number of hydrogen-bond acceptors (Lipinski definition) is 7. The van der Waals surface area contributed by atoms with Crippen molar-refractivity contribution in [1.29, 1.82) is 0 Å². The summed E-state index contributed by atoms with van der Waals surface area (Å²) in [6.45, 7) is 0.197. The van der Waals surface area contributed by atoms with Crippen LogP contribution in [0.3, 0.4) is 0 Å². The van der Waals surface area contributed by atoms with E-state index >= 15 is 0 Å². The van der Waals surface area contributed by atoms with E-state index < -0.39 is 5.97 Å². The second-order valence-electron chi connectivity index (χ2n) is 5.40. The van der Waals surface area contributed by atoms with Crippen LogP contribution in [0.15, 0.2) is 29.2 Å². The Morgan fingerprint density at radius 3 is 2.22 bits per heavy atom. The highest BCUT2D eigenvalue weighted by Gasteiger charge is 2.18. The number of methoxy groups -OCH3 is 3. The highest BCUT2D eigenvalue weighted by Crippen LogP contribution is 2.37. The zero-order valence-corrected chi connectivity index (χ0v) is 16.2. The predicted molar refractivity (Wildman–Crippen MR) is 101 cm³/mol. The van der Waals surface area contributed by atoms with Gasteiger partial charge < -0.3 is 23.7 Å². The maximum Gasteiger partial charge on any atom is 0.339 e. The lowest BCUT2D eigenvalue weighted by Crippen LogP contribution is -2.05. The normalized spacial score (nSPS) is 11.4. The summed E-state index contributed by atoms with van der Waals surface area (Å²) in [5.41, 5.74) is 1.55. The first-order chi connectivity index (χ1) is 13.1. The van der Waals surface area contributed by atoms with Crippen molar-refractivity contribution in [1.82, 2.24) is 0 Å². The minimum Gasteiger partial charge on any atom is -0.493 e. The van der Waals surface area contributed by atoms with Crippen molar-refractivity contribution in [3.8, 4) is 34.8 Å². The van der Waals surface area contributed by atoms with Gasteiger partial charge in [-0.25, -0.2) is 4.79 Å². The topological polar surface area (TPSA) is 63.2 Å². The predicted octanol–water partition coefficient (Wildman–Crippen LogP) is 3.34. The molecule has 0 radical (unpaired) electrons. The molecule has 2 aromatic carbocycles. The number of carbonyl (C=O) groups excluding carboxylic acids is 1. The minimum atomic E-state index is -0.504. The fourth-order valence-corrected chi connectivity index (χ4v) is 3.14. The van der Waals surface area contributed by atoms with Crippen molar-refractivity contribution >= 4 is 17.7 Å². The summed E-state index contributed by atoms with van der Waals surface area (Å²) in [6, 6.07) is 6.94. The zero-order chi connectivity index (χ0) is 19.4. The van der Waals surface area contributed by atoms with Crippen molar-refractivity contribution in [2.45, 2.75) is 4.90 Å². The second-order valence-corrected chi connectivity index (χ2v) is 6.25. The van der Waals surface area contributed by atoms with E-state index in [0.29, 0.717) is 34.1 Å². The average Bonchev–Trinajstić information content (AvgIpc) is 3.17. The lowest BCUT2D eigenvalue weighted by Gasteiger charge is -2.11. The van der Waals surface area contributed by atoms with Gasteiger partial charge in [0, 0.05) is 28.2 Å². The van der Waals surface area contributed by atoms with E-state index in [0.717, 1.165) is 10.5 Å². The Morgan fingerprint density at radius 2 is 1.59 bits per heavy atom. The van der Waals surface area contributed by atoms with E-state index in [9.17, 15) is 4.79 Å². The molecule has 0 N–H and O–H groups in total. The molecular weight excluding hydrogens is 368 g/mol. The standard InChI is InChI=1S/C20H18O6S/c1-22-15-7-12(14(20(21)24-3)9-16(15)23-2)5-6-13-8-17-18(26-11-25-17)10-19(13)27-4/h7-10H,11H2,1-4H3. The van der Waals surface area contributed by atoms with E-state index in [1.165, 1.54) is 21.3 Å². The number of thioether (sulfide) groups is 1. The molecule has 0 fully saturated rings. The molecule has 2 aromatic rings. The van der Waals surface area contributed by atoms with Crippen LogP contribution in [-0.2, 0) is 4.74 Å². The molecule has 0 aromatic heterocycles. The maximum absolute atomic E-state index is 12.2. The number of rotatable bonds is 4. The SMILES string of the molecule is COC(=O)c1cc(OC)c(OC)cc1C#Cc1cc2c(cc1SC)OCO2. The molecule has 0 unspecified atom stereocenters. The number of benzene rings is 2. The Hall–Kier alpha value is -2.98. The summed E-state index contributed by atoms with van der Waals surface area (Å²) in [5, 5.41) is 0. The fourth-order valence-electron chi connectivity index (χ4n) is 2.59. The van der Waals surface area contributed by atoms with E-state index in [4.69, 9.17) is 23.7 Å². The average molecular weight is 386 g/mol. The van der Waals surface area contributed by atoms with Crippen molar-refractivity contribution in [2.24, 2.45) is 0 Å². The molecule has 1 heterocycles. The highest BCUT2D eigenvalue weighted by atomic mass is 32.2. The van der Waals surface area contributed by atoms with Gasteiger partial charge in [-0.3, -0.25) is 0 Å². The smallest absolute Gasteiger partial charge is 0.339 e. The first-order valence-corrected chi connectivity index (χ1v) is 9.17. The number of carbonyl (C=O) groups is 1. The number of hydrogen-bond donors (Lipinski definition) is 0. The molecule has 0 saturated carbocycles. The lowest BCUT2D eigenvalue weighted by molar-refractivity contribution is 0.0600. The third-order valence-corrected chi connectivity index (χ3v) is 4.73. The van der Waals surface area contributed by atoms with Crippen molar-refractivity contribution in [3.05, 3.63) is 41.0 Å². The van der Waals surface area contributed by atoms with Crippen LogP contribution in [0.25, 0.3) is 0 Å². The van der Waals surface area contributed by atoms with E-state index in [2.05, 4.69) is 11.8 Å². The van der Waals surface area contributed by atoms with Gasteiger partial charge in [-0.2, -0.15) is 0 Å². The van der Waals surface area contributed by atoms with Crippen molar-refractivity contribution in [2.75, 3.05) is 34.4 Å². The van der Waals surface area contributed by atoms with Gasteiger partial charge in [0.15, 0.2) is 23.0 Å². The van der Waals surface area contributed by atoms with E-state index in [-0.39, 0.29) is 6.79 Å². The minimum absolute atomic E-state index is 0.197. The summed E-state index contributed by atoms with van der Waals surface area (Å²) >= 11 is 1.55. The molecule has 27 heavy (non-hydrogen) atoms. The van der Waals surface area contributed by atoms with Gasteiger partial charge in [0.2, 0.25) is 6.79 Å². The lowest BCUT2D eigenvalue weighted by atomic mass is 10.1. The van der Waals surface area contributed by atoms with Gasteiger partial charge in [0.25, 0.3) is 0 Å². The molecule has 0 amide bonds. The van der Waals surface area contributed by atoms with Crippen LogP contribution in [0.4, 0.5) is 0 Å². The van der Waals surface area contributed by atoms with Gasteiger partial charge in [-0.05, 0) is 18.4 Å². The maximum atomic E-state index is 12.2. The summed E-state index contributed by atoms with van der Waals surface area (Å²) in [6.07, 6.45) is 1.96. The molecule has 140 valence electrons. The molecule has 1 aliphatic rings. The highest BCUT2D eigenvalue weighted by molar-refractivity contribution is 7.98. The van der Waals surface area contributed by atoms with Crippen LogP contribution in [0.1, 0.15) is 21.5 Å². The monoisotopic (exact) mass is 386 g/mol. The fraction of sp³-hybridized carbons (Fsp3) is 0.250. The molecule has 0 bridgehead atoms. The summed E-state index contributed by atoms with van der Waals surface area (Å²) < 4.78 is 26.3. The van der Waals surface area contributed by atoms with Gasteiger partial charge in [0.1, 0.15) is 0 Å². The Balaban J connectivity index is 2.10. The van der Waals surface area contributed by atoms with Crippen LogP contribution >= 0.6 is 11.8 Å². The van der Waals surface area contributed by atoms with Gasteiger partial charge in [-0.1, -0.05) is 11.8 Å². The molecule has 0 aliphatic carbocycles. The Morgan fingerprint density at radius 1 is 0.963 bits per heavy atom. The molecule has 0 atom stereocenters. The van der Waals surface area contributed by atoms with E-state index in [1.807, 2.05) is 18.4 Å². The first-order valence-electron chi connectivity index (χ1n) is 7.95. The van der Waals surface area contributed by atoms with Crippen LogP contribution in [0.5, 0.6) is 23.0 Å². The number of fused-ring (bicyclic) bond motifs is 1. The van der Waals surface area contributed by atoms with Gasteiger partial charge >= 0.3 is 5.97 Å².